The predicted octanol–water partition coefficient (Wildman–Crippen LogP) is 3.36. The molecule has 0 radical (unpaired) electrons. The zero-order valence-electron chi connectivity index (χ0n) is 13.1. The lowest BCUT2D eigenvalue weighted by Gasteiger charge is -2.27. The smallest absolute Gasteiger partial charge is 0.323 e. The van der Waals surface area contributed by atoms with E-state index in [1.54, 1.807) is 24.3 Å². The van der Waals surface area contributed by atoms with E-state index < -0.39 is 17.4 Å². The normalized spacial score (nSPS) is 12.0. The van der Waals surface area contributed by atoms with Gasteiger partial charge in [-0.3, -0.25) is 9.59 Å². The molecule has 0 aromatic heterocycles. The fourth-order valence-corrected chi connectivity index (χ4v) is 2.01. The van der Waals surface area contributed by atoms with Gasteiger partial charge in [0.1, 0.15) is 0 Å². The molecular formula is C17H24O4. The molecule has 0 saturated heterocycles. The zero-order chi connectivity index (χ0) is 16.3. The van der Waals surface area contributed by atoms with Crippen molar-refractivity contribution in [3.05, 3.63) is 49.1 Å². The number of methoxy groups -OCH3 is 2. The van der Waals surface area contributed by atoms with Crippen molar-refractivity contribution in [1.82, 2.24) is 0 Å². The van der Waals surface area contributed by atoms with E-state index in [4.69, 9.17) is 9.47 Å². The molecule has 0 amide bonds. The molecule has 21 heavy (non-hydrogen) atoms. The average molecular weight is 292 g/mol. The molecule has 4 heteroatoms. The first-order valence-electron chi connectivity index (χ1n) is 6.71. The standard InChI is InChI=1S/C17H24O4/c1-6-8-9-12-17(15(18)20-4,16(19)21-5)13-11-14(3)10-7-2/h6-10H,1-2,11-13H2,3-5H3/b9-8+,14-10+. The van der Waals surface area contributed by atoms with Gasteiger partial charge in [0.25, 0.3) is 0 Å². The molecule has 0 aromatic carbocycles. The summed E-state index contributed by atoms with van der Waals surface area (Å²) < 4.78 is 9.65. The molecule has 0 N–H and O–H groups in total. The summed E-state index contributed by atoms with van der Waals surface area (Å²) in [6.45, 7) is 9.11. The molecule has 0 rings (SSSR count). The summed E-state index contributed by atoms with van der Waals surface area (Å²) in [4.78, 5) is 24.4. The fraction of sp³-hybridized carbons (Fsp3) is 0.412. The van der Waals surface area contributed by atoms with Crippen molar-refractivity contribution in [3.63, 3.8) is 0 Å². The number of esters is 2. The van der Waals surface area contributed by atoms with Crippen molar-refractivity contribution < 1.29 is 19.1 Å². The third-order valence-electron chi connectivity index (χ3n) is 3.24. The molecule has 0 unspecified atom stereocenters. The quantitative estimate of drug-likeness (QED) is 0.371. The molecule has 0 aliphatic carbocycles. The number of hydrogen-bond acceptors (Lipinski definition) is 4. The minimum atomic E-state index is -1.33. The number of carbonyl (C=O) groups excluding carboxylic acids is 2. The number of allylic oxidation sites excluding steroid dienone is 6. The first kappa shape index (κ1) is 18.9. The number of carbonyl (C=O) groups is 2. The highest BCUT2D eigenvalue weighted by Crippen LogP contribution is 2.33. The summed E-state index contributed by atoms with van der Waals surface area (Å²) in [6, 6.07) is 0. The Kier molecular flexibility index (Phi) is 8.77. The maximum absolute atomic E-state index is 12.2. The van der Waals surface area contributed by atoms with Gasteiger partial charge in [0.15, 0.2) is 5.41 Å². The molecule has 0 fully saturated rings. The van der Waals surface area contributed by atoms with Crippen LogP contribution in [0.15, 0.2) is 49.1 Å². The fourth-order valence-electron chi connectivity index (χ4n) is 2.01. The van der Waals surface area contributed by atoms with E-state index in [1.165, 1.54) is 14.2 Å². The van der Waals surface area contributed by atoms with Gasteiger partial charge < -0.3 is 9.47 Å². The SMILES string of the molecule is C=C/C=C/CC(CC/C(C)=C/C=C)(C(=O)OC)C(=O)OC. The van der Waals surface area contributed by atoms with Gasteiger partial charge in [0.05, 0.1) is 14.2 Å². The second-order valence-corrected chi connectivity index (χ2v) is 4.68. The van der Waals surface area contributed by atoms with E-state index in [9.17, 15) is 9.59 Å². The number of ether oxygens (including phenoxy) is 2. The Morgan fingerprint density at radius 3 is 2.10 bits per heavy atom. The molecule has 116 valence electrons. The molecular weight excluding hydrogens is 268 g/mol. The Labute approximate surface area is 126 Å². The van der Waals surface area contributed by atoms with Crippen LogP contribution in [0.1, 0.15) is 26.2 Å². The second-order valence-electron chi connectivity index (χ2n) is 4.68. The molecule has 0 aromatic rings. The highest BCUT2D eigenvalue weighted by atomic mass is 16.5. The van der Waals surface area contributed by atoms with Crippen molar-refractivity contribution in [3.8, 4) is 0 Å². The van der Waals surface area contributed by atoms with Crippen LogP contribution in [0.5, 0.6) is 0 Å². The van der Waals surface area contributed by atoms with Gasteiger partial charge in [-0.05, 0) is 26.2 Å². The molecule has 0 heterocycles. The van der Waals surface area contributed by atoms with E-state index >= 15 is 0 Å². The lowest BCUT2D eigenvalue weighted by Crippen LogP contribution is -2.41. The molecule has 0 aliphatic rings. The van der Waals surface area contributed by atoms with E-state index in [2.05, 4.69) is 13.2 Å². The first-order valence-corrected chi connectivity index (χ1v) is 6.71. The Balaban J connectivity index is 5.44. The van der Waals surface area contributed by atoms with Gasteiger partial charge >= 0.3 is 11.9 Å². The third kappa shape index (κ3) is 5.42. The molecule has 4 nitrogen and oxygen atoms in total. The first-order chi connectivity index (χ1) is 9.98. The molecule has 0 aliphatic heterocycles. The predicted molar refractivity (Wildman–Crippen MR) is 83.6 cm³/mol. The van der Waals surface area contributed by atoms with Crippen molar-refractivity contribution in [2.45, 2.75) is 26.2 Å². The zero-order valence-corrected chi connectivity index (χ0v) is 13.1. The second kappa shape index (κ2) is 9.75. The van der Waals surface area contributed by atoms with Gasteiger partial charge in [-0.2, -0.15) is 0 Å². The van der Waals surface area contributed by atoms with E-state index in [0.717, 1.165) is 5.57 Å². The summed E-state index contributed by atoms with van der Waals surface area (Å²) in [5, 5.41) is 0. The van der Waals surface area contributed by atoms with Crippen LogP contribution in [0, 0.1) is 5.41 Å². The lowest BCUT2D eigenvalue weighted by atomic mass is 9.78. The van der Waals surface area contributed by atoms with Gasteiger partial charge in [0.2, 0.25) is 0 Å². The summed E-state index contributed by atoms with van der Waals surface area (Å²) in [7, 11) is 2.54. The minimum absolute atomic E-state index is 0.208. The van der Waals surface area contributed by atoms with Crippen LogP contribution in [0.25, 0.3) is 0 Å². The highest BCUT2D eigenvalue weighted by Gasteiger charge is 2.46. The van der Waals surface area contributed by atoms with Crippen molar-refractivity contribution >= 4 is 11.9 Å². The van der Waals surface area contributed by atoms with Crippen molar-refractivity contribution in [2.24, 2.45) is 5.41 Å². The maximum atomic E-state index is 12.2. The van der Waals surface area contributed by atoms with Crippen LogP contribution in [-0.2, 0) is 19.1 Å². The van der Waals surface area contributed by atoms with E-state index in [-0.39, 0.29) is 6.42 Å². The van der Waals surface area contributed by atoms with Crippen LogP contribution in [0.2, 0.25) is 0 Å². The highest BCUT2D eigenvalue weighted by molar-refractivity contribution is 6.00. The molecule has 0 atom stereocenters. The van der Waals surface area contributed by atoms with Crippen LogP contribution in [0.4, 0.5) is 0 Å². The van der Waals surface area contributed by atoms with Gasteiger partial charge in [-0.25, -0.2) is 0 Å². The largest absolute Gasteiger partial charge is 0.468 e. The third-order valence-corrected chi connectivity index (χ3v) is 3.24. The van der Waals surface area contributed by atoms with Crippen LogP contribution >= 0.6 is 0 Å². The summed E-state index contributed by atoms with van der Waals surface area (Å²) in [6.07, 6.45) is 9.59. The van der Waals surface area contributed by atoms with Crippen LogP contribution in [0.3, 0.4) is 0 Å². The van der Waals surface area contributed by atoms with Gasteiger partial charge in [-0.1, -0.05) is 49.1 Å². The van der Waals surface area contributed by atoms with Crippen molar-refractivity contribution in [2.75, 3.05) is 14.2 Å². The van der Waals surface area contributed by atoms with E-state index in [0.29, 0.717) is 12.8 Å². The Hall–Kier alpha value is -2.10. The van der Waals surface area contributed by atoms with Gasteiger partial charge in [0, 0.05) is 0 Å². The molecule has 0 saturated carbocycles. The maximum Gasteiger partial charge on any atom is 0.323 e. The topological polar surface area (TPSA) is 52.6 Å². The van der Waals surface area contributed by atoms with Crippen LogP contribution in [-0.4, -0.2) is 26.2 Å². The molecule has 0 spiro atoms. The Bertz CT molecular complexity index is 428. The summed E-state index contributed by atoms with van der Waals surface area (Å²) >= 11 is 0. The summed E-state index contributed by atoms with van der Waals surface area (Å²) in [5.41, 5.74) is -0.311. The average Bonchev–Trinajstić information content (AvgIpc) is 2.49. The number of rotatable bonds is 9. The monoisotopic (exact) mass is 292 g/mol. The van der Waals surface area contributed by atoms with E-state index in [1.807, 2.05) is 13.0 Å². The Morgan fingerprint density at radius 2 is 1.67 bits per heavy atom. The lowest BCUT2D eigenvalue weighted by molar-refractivity contribution is -0.169. The Morgan fingerprint density at radius 1 is 1.10 bits per heavy atom. The summed E-state index contributed by atoms with van der Waals surface area (Å²) in [5.74, 6) is -1.18. The van der Waals surface area contributed by atoms with Crippen LogP contribution < -0.4 is 0 Å². The minimum Gasteiger partial charge on any atom is -0.468 e. The van der Waals surface area contributed by atoms with Gasteiger partial charge in [-0.15, -0.1) is 0 Å². The van der Waals surface area contributed by atoms with Crippen molar-refractivity contribution in [1.29, 1.82) is 0 Å². The number of hydrogen-bond donors (Lipinski definition) is 0. The molecule has 0 bridgehead atoms.